The molecular formula is C18H31N. The van der Waals surface area contributed by atoms with Gasteiger partial charge in [0.15, 0.2) is 0 Å². The monoisotopic (exact) mass is 261 g/mol. The van der Waals surface area contributed by atoms with Crippen LogP contribution >= 0.6 is 0 Å². The molecule has 1 nitrogen and oxygen atoms in total. The minimum atomic E-state index is 0.217. The molecule has 1 atom stereocenters. The van der Waals surface area contributed by atoms with Crippen molar-refractivity contribution >= 4 is 0 Å². The number of benzene rings is 1. The summed E-state index contributed by atoms with van der Waals surface area (Å²) in [7, 11) is 0. The SMILES string of the molecule is CCCCCC(NCC)c1ccccc1C(C)(C)C. The third kappa shape index (κ3) is 4.99. The van der Waals surface area contributed by atoms with Gasteiger partial charge in [-0.05, 0) is 29.5 Å². The molecule has 0 amide bonds. The second-order valence-corrected chi connectivity index (χ2v) is 6.44. The van der Waals surface area contributed by atoms with Crippen LogP contribution in [0.2, 0.25) is 0 Å². The van der Waals surface area contributed by atoms with Crippen LogP contribution in [0.5, 0.6) is 0 Å². The Hall–Kier alpha value is -0.820. The zero-order valence-electron chi connectivity index (χ0n) is 13.4. The lowest BCUT2D eigenvalue weighted by molar-refractivity contribution is 0.471. The molecule has 0 spiro atoms. The molecule has 1 heteroatoms. The molecule has 0 fully saturated rings. The van der Waals surface area contributed by atoms with E-state index >= 15 is 0 Å². The van der Waals surface area contributed by atoms with Gasteiger partial charge in [-0.15, -0.1) is 0 Å². The van der Waals surface area contributed by atoms with E-state index in [1.54, 1.807) is 0 Å². The molecule has 0 aromatic heterocycles. The number of hydrogen-bond donors (Lipinski definition) is 1. The fraction of sp³-hybridized carbons (Fsp3) is 0.667. The highest BCUT2D eigenvalue weighted by atomic mass is 14.9. The smallest absolute Gasteiger partial charge is 0.0323 e. The second kappa shape index (κ2) is 7.69. The van der Waals surface area contributed by atoms with Gasteiger partial charge < -0.3 is 5.32 Å². The number of nitrogens with one attached hydrogen (secondary N) is 1. The Bertz CT molecular complexity index is 362. The van der Waals surface area contributed by atoms with Crippen molar-refractivity contribution in [3.05, 3.63) is 35.4 Å². The van der Waals surface area contributed by atoms with E-state index in [-0.39, 0.29) is 5.41 Å². The van der Waals surface area contributed by atoms with E-state index in [2.05, 4.69) is 64.2 Å². The van der Waals surface area contributed by atoms with Gasteiger partial charge in [-0.2, -0.15) is 0 Å². The summed E-state index contributed by atoms with van der Waals surface area (Å²) in [6, 6.07) is 9.44. The average molecular weight is 261 g/mol. The molecule has 0 bridgehead atoms. The molecule has 0 aliphatic heterocycles. The molecule has 19 heavy (non-hydrogen) atoms. The Morgan fingerprint density at radius 2 is 1.74 bits per heavy atom. The molecular weight excluding hydrogens is 230 g/mol. The van der Waals surface area contributed by atoms with Crippen LogP contribution in [0.1, 0.15) is 77.5 Å². The van der Waals surface area contributed by atoms with E-state index in [0.717, 1.165) is 6.54 Å². The first kappa shape index (κ1) is 16.2. The third-order valence-corrected chi connectivity index (χ3v) is 3.69. The van der Waals surface area contributed by atoms with Crippen LogP contribution in [0.4, 0.5) is 0 Å². The molecule has 1 aromatic carbocycles. The van der Waals surface area contributed by atoms with Crippen LogP contribution in [0.25, 0.3) is 0 Å². The predicted molar refractivity (Wildman–Crippen MR) is 85.7 cm³/mol. The average Bonchev–Trinajstić information content (AvgIpc) is 2.37. The fourth-order valence-corrected chi connectivity index (χ4v) is 2.70. The molecule has 108 valence electrons. The third-order valence-electron chi connectivity index (χ3n) is 3.69. The van der Waals surface area contributed by atoms with Crippen molar-refractivity contribution in [1.29, 1.82) is 0 Å². The Morgan fingerprint density at radius 1 is 1.05 bits per heavy atom. The van der Waals surface area contributed by atoms with Gasteiger partial charge in [0, 0.05) is 6.04 Å². The summed E-state index contributed by atoms with van der Waals surface area (Å²) >= 11 is 0. The second-order valence-electron chi connectivity index (χ2n) is 6.44. The van der Waals surface area contributed by atoms with Crippen molar-refractivity contribution in [3.63, 3.8) is 0 Å². The highest BCUT2D eigenvalue weighted by molar-refractivity contribution is 5.35. The van der Waals surface area contributed by atoms with E-state index in [0.29, 0.717) is 6.04 Å². The summed E-state index contributed by atoms with van der Waals surface area (Å²) < 4.78 is 0. The lowest BCUT2D eigenvalue weighted by Crippen LogP contribution is -2.25. The van der Waals surface area contributed by atoms with E-state index in [1.807, 2.05) is 0 Å². The minimum Gasteiger partial charge on any atom is -0.310 e. The normalized spacial score (nSPS) is 13.5. The standard InChI is InChI=1S/C18H31N/c1-6-8-9-14-17(19-7-2)15-12-10-11-13-16(15)18(3,4)5/h10-13,17,19H,6-9,14H2,1-5H3. The van der Waals surface area contributed by atoms with Gasteiger partial charge in [0.05, 0.1) is 0 Å². The van der Waals surface area contributed by atoms with Gasteiger partial charge in [0.25, 0.3) is 0 Å². The van der Waals surface area contributed by atoms with Crippen molar-refractivity contribution in [3.8, 4) is 0 Å². The molecule has 1 unspecified atom stereocenters. The molecule has 0 aliphatic carbocycles. The lowest BCUT2D eigenvalue weighted by Gasteiger charge is -2.28. The van der Waals surface area contributed by atoms with Crippen LogP contribution in [-0.2, 0) is 5.41 Å². The molecule has 1 aromatic rings. The molecule has 0 heterocycles. The maximum absolute atomic E-state index is 3.67. The van der Waals surface area contributed by atoms with Crippen molar-refractivity contribution in [2.75, 3.05) is 6.54 Å². The van der Waals surface area contributed by atoms with Crippen LogP contribution < -0.4 is 5.32 Å². The molecule has 1 rings (SSSR count). The predicted octanol–water partition coefficient (Wildman–Crippen LogP) is 5.22. The summed E-state index contributed by atoms with van der Waals surface area (Å²) in [6.45, 7) is 12.4. The minimum absolute atomic E-state index is 0.217. The first-order chi connectivity index (χ1) is 9.00. The Balaban J connectivity index is 2.95. The van der Waals surface area contributed by atoms with Crippen LogP contribution in [-0.4, -0.2) is 6.54 Å². The lowest BCUT2D eigenvalue weighted by atomic mass is 9.81. The quantitative estimate of drug-likeness (QED) is 0.664. The van der Waals surface area contributed by atoms with E-state index in [4.69, 9.17) is 0 Å². The summed E-state index contributed by atoms with van der Waals surface area (Å²) in [5, 5.41) is 3.67. The number of unbranched alkanes of at least 4 members (excludes halogenated alkanes) is 2. The zero-order chi connectivity index (χ0) is 14.3. The van der Waals surface area contributed by atoms with Gasteiger partial charge in [-0.3, -0.25) is 0 Å². The molecule has 1 N–H and O–H groups in total. The summed E-state index contributed by atoms with van der Waals surface area (Å²) in [4.78, 5) is 0. The Labute approximate surface area is 119 Å². The zero-order valence-corrected chi connectivity index (χ0v) is 13.4. The number of rotatable bonds is 7. The van der Waals surface area contributed by atoms with Crippen molar-refractivity contribution in [2.45, 2.75) is 71.8 Å². The van der Waals surface area contributed by atoms with Gasteiger partial charge in [0.2, 0.25) is 0 Å². The molecule has 0 aliphatic rings. The van der Waals surface area contributed by atoms with E-state index in [1.165, 1.54) is 36.8 Å². The van der Waals surface area contributed by atoms with Crippen LogP contribution in [0, 0.1) is 0 Å². The van der Waals surface area contributed by atoms with Crippen molar-refractivity contribution in [1.82, 2.24) is 5.32 Å². The van der Waals surface area contributed by atoms with Gasteiger partial charge in [-0.1, -0.05) is 78.1 Å². The van der Waals surface area contributed by atoms with Crippen LogP contribution in [0.15, 0.2) is 24.3 Å². The molecule has 0 radical (unpaired) electrons. The van der Waals surface area contributed by atoms with Crippen molar-refractivity contribution in [2.24, 2.45) is 0 Å². The molecule has 0 saturated carbocycles. The molecule has 0 saturated heterocycles. The fourth-order valence-electron chi connectivity index (χ4n) is 2.70. The topological polar surface area (TPSA) is 12.0 Å². The summed E-state index contributed by atoms with van der Waals surface area (Å²) in [5.74, 6) is 0. The van der Waals surface area contributed by atoms with Crippen LogP contribution in [0.3, 0.4) is 0 Å². The maximum atomic E-state index is 3.67. The van der Waals surface area contributed by atoms with Gasteiger partial charge >= 0.3 is 0 Å². The van der Waals surface area contributed by atoms with E-state index < -0.39 is 0 Å². The highest BCUT2D eigenvalue weighted by Gasteiger charge is 2.21. The maximum Gasteiger partial charge on any atom is 0.0323 e. The summed E-state index contributed by atoms with van der Waals surface area (Å²) in [5.41, 5.74) is 3.19. The summed E-state index contributed by atoms with van der Waals surface area (Å²) in [6.07, 6.45) is 5.18. The Morgan fingerprint density at radius 3 is 2.32 bits per heavy atom. The van der Waals surface area contributed by atoms with E-state index in [9.17, 15) is 0 Å². The Kier molecular flexibility index (Phi) is 6.57. The van der Waals surface area contributed by atoms with Crippen molar-refractivity contribution < 1.29 is 0 Å². The first-order valence-electron chi connectivity index (χ1n) is 7.83. The number of hydrogen-bond acceptors (Lipinski definition) is 1. The largest absolute Gasteiger partial charge is 0.310 e. The van der Waals surface area contributed by atoms with Gasteiger partial charge in [0.1, 0.15) is 0 Å². The first-order valence-corrected chi connectivity index (χ1v) is 7.83. The van der Waals surface area contributed by atoms with Gasteiger partial charge in [-0.25, -0.2) is 0 Å². The highest BCUT2D eigenvalue weighted by Crippen LogP contribution is 2.31.